The standard InChI is InChI=1S/C17H16NOPS/c1-14-18-12-17(21-14)13-20(19,15-8-4-2-5-9-15)16-10-6-3-7-11-16/h2-12H,13H2,1H3. The lowest BCUT2D eigenvalue weighted by atomic mass is 10.4. The normalized spacial score (nSPS) is 11.5. The summed E-state index contributed by atoms with van der Waals surface area (Å²) in [5.74, 6) is 0. The fraction of sp³-hybridized carbons (Fsp3) is 0.118. The minimum Gasteiger partial charge on any atom is -0.313 e. The molecule has 2 nitrogen and oxygen atoms in total. The molecule has 0 aliphatic rings. The van der Waals surface area contributed by atoms with E-state index in [4.69, 9.17) is 0 Å². The van der Waals surface area contributed by atoms with Crippen LogP contribution in [0.5, 0.6) is 0 Å². The van der Waals surface area contributed by atoms with Gasteiger partial charge in [0.1, 0.15) is 7.14 Å². The molecular formula is C17H16NOPS. The highest BCUT2D eigenvalue weighted by atomic mass is 32.1. The highest BCUT2D eigenvalue weighted by Gasteiger charge is 2.28. The predicted molar refractivity (Wildman–Crippen MR) is 90.3 cm³/mol. The smallest absolute Gasteiger partial charge is 0.148 e. The minimum absolute atomic E-state index is 0.534. The number of rotatable bonds is 4. The van der Waals surface area contributed by atoms with Gasteiger partial charge in [0, 0.05) is 27.8 Å². The average Bonchev–Trinajstić information content (AvgIpc) is 2.94. The topological polar surface area (TPSA) is 30.0 Å². The van der Waals surface area contributed by atoms with Crippen LogP contribution in [-0.2, 0) is 10.7 Å². The van der Waals surface area contributed by atoms with Crippen molar-refractivity contribution in [1.82, 2.24) is 4.98 Å². The third-order valence-electron chi connectivity index (χ3n) is 3.39. The van der Waals surface area contributed by atoms with E-state index in [-0.39, 0.29) is 0 Å². The molecule has 0 aliphatic heterocycles. The van der Waals surface area contributed by atoms with Gasteiger partial charge in [-0.25, -0.2) is 4.98 Å². The lowest BCUT2D eigenvalue weighted by Crippen LogP contribution is -2.17. The number of hydrogen-bond donors (Lipinski definition) is 0. The molecule has 0 amide bonds. The van der Waals surface area contributed by atoms with Gasteiger partial charge in [-0.2, -0.15) is 0 Å². The number of nitrogens with zero attached hydrogens (tertiary/aromatic N) is 1. The Labute approximate surface area is 128 Å². The molecule has 0 bridgehead atoms. The summed E-state index contributed by atoms with van der Waals surface area (Å²) in [6.45, 7) is 1.98. The van der Waals surface area contributed by atoms with Crippen LogP contribution >= 0.6 is 18.5 Å². The fourth-order valence-corrected chi connectivity index (χ4v) is 6.25. The van der Waals surface area contributed by atoms with Gasteiger partial charge in [0.2, 0.25) is 0 Å². The third kappa shape index (κ3) is 2.99. The molecule has 2 aromatic carbocycles. The second-order valence-corrected chi connectivity index (χ2v) is 9.06. The van der Waals surface area contributed by atoms with E-state index in [0.717, 1.165) is 20.5 Å². The Bertz CT molecular complexity index is 724. The zero-order valence-corrected chi connectivity index (χ0v) is 13.5. The van der Waals surface area contributed by atoms with Crippen LogP contribution in [0.15, 0.2) is 66.9 Å². The third-order valence-corrected chi connectivity index (χ3v) is 7.57. The molecule has 0 aliphatic carbocycles. The zero-order valence-electron chi connectivity index (χ0n) is 11.8. The summed E-state index contributed by atoms with van der Waals surface area (Å²) in [5, 5.41) is 2.82. The quantitative estimate of drug-likeness (QED) is 0.682. The maximum Gasteiger partial charge on any atom is 0.148 e. The highest BCUT2D eigenvalue weighted by molar-refractivity contribution is 7.78. The summed E-state index contributed by atoms with van der Waals surface area (Å²) in [7, 11) is -2.66. The summed E-state index contributed by atoms with van der Waals surface area (Å²) in [5.41, 5.74) is 0. The highest BCUT2D eigenvalue weighted by Crippen LogP contribution is 2.47. The molecule has 0 spiro atoms. The van der Waals surface area contributed by atoms with Crippen LogP contribution in [0, 0.1) is 6.92 Å². The molecule has 0 atom stereocenters. The van der Waals surface area contributed by atoms with E-state index in [1.54, 1.807) is 11.3 Å². The van der Waals surface area contributed by atoms with Crippen molar-refractivity contribution >= 4 is 29.1 Å². The Kier molecular flexibility index (Phi) is 4.05. The molecule has 0 radical (unpaired) electrons. The van der Waals surface area contributed by atoms with Gasteiger partial charge in [0.15, 0.2) is 0 Å². The first-order valence-electron chi connectivity index (χ1n) is 6.80. The Hall–Kier alpha value is -1.70. The summed E-state index contributed by atoms with van der Waals surface area (Å²) in [4.78, 5) is 5.36. The van der Waals surface area contributed by atoms with Crippen molar-refractivity contribution in [3.8, 4) is 0 Å². The van der Waals surface area contributed by atoms with Crippen LogP contribution in [0.25, 0.3) is 0 Å². The van der Waals surface area contributed by atoms with Crippen LogP contribution in [0.3, 0.4) is 0 Å². The van der Waals surface area contributed by atoms with E-state index in [0.29, 0.717) is 6.16 Å². The fourth-order valence-electron chi connectivity index (χ4n) is 2.37. The van der Waals surface area contributed by atoms with Crippen LogP contribution in [0.1, 0.15) is 9.88 Å². The second kappa shape index (κ2) is 5.97. The van der Waals surface area contributed by atoms with Crippen molar-refractivity contribution in [2.75, 3.05) is 0 Å². The molecule has 1 heterocycles. The van der Waals surface area contributed by atoms with E-state index in [9.17, 15) is 4.57 Å². The molecule has 0 fully saturated rings. The van der Waals surface area contributed by atoms with Gasteiger partial charge in [-0.05, 0) is 6.92 Å². The zero-order chi connectivity index (χ0) is 14.7. The maximum atomic E-state index is 13.8. The molecule has 1 aromatic heterocycles. The first-order valence-corrected chi connectivity index (χ1v) is 9.51. The lowest BCUT2D eigenvalue weighted by molar-refractivity contribution is 0.586. The van der Waals surface area contributed by atoms with E-state index in [1.807, 2.05) is 73.8 Å². The summed E-state index contributed by atoms with van der Waals surface area (Å²) in [6.07, 6.45) is 2.38. The lowest BCUT2D eigenvalue weighted by Gasteiger charge is -2.18. The van der Waals surface area contributed by atoms with E-state index in [2.05, 4.69) is 4.98 Å². The van der Waals surface area contributed by atoms with Crippen molar-refractivity contribution < 1.29 is 4.57 Å². The van der Waals surface area contributed by atoms with E-state index >= 15 is 0 Å². The van der Waals surface area contributed by atoms with Crippen molar-refractivity contribution in [1.29, 1.82) is 0 Å². The van der Waals surface area contributed by atoms with Gasteiger partial charge >= 0.3 is 0 Å². The monoisotopic (exact) mass is 313 g/mol. The maximum absolute atomic E-state index is 13.8. The van der Waals surface area contributed by atoms with Crippen LogP contribution < -0.4 is 10.6 Å². The van der Waals surface area contributed by atoms with Gasteiger partial charge in [0.05, 0.1) is 5.01 Å². The molecule has 0 saturated heterocycles. The molecule has 21 heavy (non-hydrogen) atoms. The van der Waals surface area contributed by atoms with Crippen molar-refractivity contribution in [3.63, 3.8) is 0 Å². The molecule has 3 rings (SSSR count). The molecular weight excluding hydrogens is 297 g/mol. The van der Waals surface area contributed by atoms with Gasteiger partial charge in [0.25, 0.3) is 0 Å². The second-order valence-electron chi connectivity index (χ2n) is 4.91. The van der Waals surface area contributed by atoms with Gasteiger partial charge < -0.3 is 4.57 Å². The number of aryl methyl sites for hydroxylation is 1. The van der Waals surface area contributed by atoms with Gasteiger partial charge in [-0.15, -0.1) is 11.3 Å². The van der Waals surface area contributed by atoms with Crippen LogP contribution in [-0.4, -0.2) is 4.98 Å². The Morgan fingerprint density at radius 3 is 1.90 bits per heavy atom. The number of benzene rings is 2. The number of thiazole rings is 1. The largest absolute Gasteiger partial charge is 0.313 e. The van der Waals surface area contributed by atoms with Crippen LogP contribution in [0.4, 0.5) is 0 Å². The summed E-state index contributed by atoms with van der Waals surface area (Å²) < 4.78 is 13.8. The number of aromatic nitrogens is 1. The first kappa shape index (κ1) is 14.2. The SMILES string of the molecule is Cc1ncc(CP(=O)(c2ccccc2)c2ccccc2)s1. The molecule has 106 valence electrons. The minimum atomic E-state index is -2.66. The van der Waals surface area contributed by atoms with Crippen molar-refractivity contribution in [2.24, 2.45) is 0 Å². The van der Waals surface area contributed by atoms with E-state index in [1.165, 1.54) is 0 Å². The van der Waals surface area contributed by atoms with Crippen molar-refractivity contribution in [2.45, 2.75) is 13.1 Å². The van der Waals surface area contributed by atoms with Gasteiger partial charge in [-0.1, -0.05) is 60.7 Å². The molecule has 0 unspecified atom stereocenters. The Morgan fingerprint density at radius 1 is 0.952 bits per heavy atom. The summed E-state index contributed by atoms with van der Waals surface area (Å²) in [6, 6.07) is 19.5. The summed E-state index contributed by atoms with van der Waals surface area (Å²) >= 11 is 1.62. The van der Waals surface area contributed by atoms with Gasteiger partial charge in [-0.3, -0.25) is 0 Å². The van der Waals surface area contributed by atoms with E-state index < -0.39 is 7.14 Å². The Morgan fingerprint density at radius 2 is 1.48 bits per heavy atom. The number of hydrogen-bond acceptors (Lipinski definition) is 3. The molecule has 0 N–H and O–H groups in total. The first-order chi connectivity index (χ1) is 10.2. The average molecular weight is 313 g/mol. The molecule has 0 saturated carbocycles. The molecule has 3 aromatic rings. The van der Waals surface area contributed by atoms with Crippen molar-refractivity contribution in [3.05, 3.63) is 76.7 Å². The van der Waals surface area contributed by atoms with Crippen LogP contribution in [0.2, 0.25) is 0 Å². The predicted octanol–water partition coefficient (Wildman–Crippen LogP) is 3.97. The molecule has 4 heteroatoms. The Balaban J connectivity index is 2.09.